The minimum atomic E-state index is 0.00762. The van der Waals surface area contributed by atoms with Crippen LogP contribution in [0.25, 0.3) is 10.2 Å². The van der Waals surface area contributed by atoms with E-state index in [-0.39, 0.29) is 11.8 Å². The minimum Gasteiger partial charge on any atom is -0.343 e. The summed E-state index contributed by atoms with van der Waals surface area (Å²) in [6.45, 7) is 6.03. The summed E-state index contributed by atoms with van der Waals surface area (Å²) < 4.78 is 1.05. The number of aromatic nitrogens is 1. The number of piperidine rings is 1. The molecule has 0 saturated carbocycles. The molecule has 1 fully saturated rings. The van der Waals surface area contributed by atoms with Gasteiger partial charge < -0.3 is 10.2 Å². The summed E-state index contributed by atoms with van der Waals surface area (Å²) in [5.74, 6) is 1.00. The highest BCUT2D eigenvalue weighted by Gasteiger charge is 2.20. The number of rotatable bonds is 6. The molecule has 3 rings (SSSR count). The number of thiazole rings is 1. The van der Waals surface area contributed by atoms with Crippen LogP contribution in [0.4, 0.5) is 5.13 Å². The largest absolute Gasteiger partial charge is 0.343 e. The second kappa shape index (κ2) is 8.62. The first-order valence-electron chi connectivity index (χ1n) is 9.52. The Labute approximate surface area is 158 Å². The molecular formula is C20H27N3O2S. The zero-order valence-electron chi connectivity index (χ0n) is 15.6. The number of hydrogen-bond acceptors (Lipinski definition) is 4. The van der Waals surface area contributed by atoms with Crippen LogP contribution in [0, 0.1) is 5.92 Å². The van der Waals surface area contributed by atoms with Gasteiger partial charge in [-0.05, 0) is 49.3 Å². The maximum absolute atomic E-state index is 12.4. The molecular weight excluding hydrogens is 346 g/mol. The molecule has 6 heteroatoms. The summed E-state index contributed by atoms with van der Waals surface area (Å²) in [6.07, 6.45) is 4.87. The lowest BCUT2D eigenvalue weighted by atomic mass is 9.98. The third kappa shape index (κ3) is 4.81. The van der Waals surface area contributed by atoms with Gasteiger partial charge in [-0.2, -0.15) is 0 Å². The fraction of sp³-hybridized carbons (Fsp3) is 0.550. The van der Waals surface area contributed by atoms with Crippen molar-refractivity contribution in [3.63, 3.8) is 0 Å². The van der Waals surface area contributed by atoms with E-state index < -0.39 is 0 Å². The first kappa shape index (κ1) is 18.8. The van der Waals surface area contributed by atoms with E-state index >= 15 is 0 Å². The van der Waals surface area contributed by atoms with E-state index in [4.69, 9.17) is 0 Å². The van der Waals surface area contributed by atoms with E-state index in [1.165, 1.54) is 11.3 Å². The van der Waals surface area contributed by atoms with Crippen molar-refractivity contribution in [2.45, 2.75) is 52.4 Å². The fourth-order valence-electron chi connectivity index (χ4n) is 3.25. The Kier molecular flexibility index (Phi) is 6.25. The number of nitrogens with zero attached hydrogens (tertiary/aromatic N) is 2. The molecule has 2 aromatic rings. The van der Waals surface area contributed by atoms with Crippen molar-refractivity contribution in [1.29, 1.82) is 0 Å². The summed E-state index contributed by atoms with van der Waals surface area (Å²) in [7, 11) is 0. The molecule has 2 heterocycles. The first-order valence-corrected chi connectivity index (χ1v) is 10.3. The van der Waals surface area contributed by atoms with Crippen molar-refractivity contribution in [1.82, 2.24) is 9.88 Å². The number of aryl methyl sites for hydroxylation is 1. The lowest BCUT2D eigenvalue weighted by Gasteiger charge is -2.30. The van der Waals surface area contributed by atoms with Gasteiger partial charge in [0.25, 0.3) is 0 Å². The van der Waals surface area contributed by atoms with E-state index in [1.54, 1.807) is 0 Å². The molecule has 1 aliphatic heterocycles. The van der Waals surface area contributed by atoms with Crippen molar-refractivity contribution in [3.05, 3.63) is 23.8 Å². The summed E-state index contributed by atoms with van der Waals surface area (Å²) >= 11 is 1.49. The molecule has 1 aliphatic rings. The lowest BCUT2D eigenvalue weighted by molar-refractivity contribution is -0.132. The van der Waals surface area contributed by atoms with Crippen molar-refractivity contribution in [2.75, 3.05) is 18.4 Å². The molecule has 1 N–H and O–H groups in total. The molecule has 1 aromatic carbocycles. The molecule has 26 heavy (non-hydrogen) atoms. The molecule has 5 nitrogen and oxygen atoms in total. The van der Waals surface area contributed by atoms with Crippen molar-refractivity contribution in [3.8, 4) is 0 Å². The number of carbonyl (C=O) groups is 2. The maximum atomic E-state index is 12.4. The Morgan fingerprint density at radius 3 is 2.77 bits per heavy atom. The van der Waals surface area contributed by atoms with Crippen LogP contribution in [0.15, 0.2) is 18.2 Å². The average molecular weight is 374 g/mol. The highest BCUT2D eigenvalue weighted by atomic mass is 32.1. The zero-order chi connectivity index (χ0) is 18.5. The van der Waals surface area contributed by atoms with Gasteiger partial charge in [-0.25, -0.2) is 4.98 Å². The van der Waals surface area contributed by atoms with Gasteiger partial charge in [-0.1, -0.05) is 31.3 Å². The number of amides is 2. The van der Waals surface area contributed by atoms with Gasteiger partial charge in [0.2, 0.25) is 11.8 Å². The van der Waals surface area contributed by atoms with Crippen LogP contribution in [0.3, 0.4) is 0 Å². The fourth-order valence-corrected chi connectivity index (χ4v) is 4.20. The quantitative estimate of drug-likeness (QED) is 0.824. The molecule has 140 valence electrons. The van der Waals surface area contributed by atoms with Crippen LogP contribution in [0.1, 0.15) is 51.5 Å². The minimum absolute atomic E-state index is 0.00762. The van der Waals surface area contributed by atoms with Crippen molar-refractivity contribution < 1.29 is 9.59 Å². The molecule has 1 aromatic heterocycles. The summed E-state index contributed by atoms with van der Waals surface area (Å²) in [6, 6.07) is 6.10. The van der Waals surface area contributed by atoms with Gasteiger partial charge in [0.05, 0.1) is 10.2 Å². The van der Waals surface area contributed by atoms with Crippen molar-refractivity contribution >= 4 is 38.5 Å². The van der Waals surface area contributed by atoms with Gasteiger partial charge in [0.15, 0.2) is 5.13 Å². The molecule has 0 aliphatic carbocycles. The second-order valence-electron chi connectivity index (χ2n) is 7.18. The first-order chi connectivity index (χ1) is 12.5. The Morgan fingerprint density at radius 2 is 2.04 bits per heavy atom. The van der Waals surface area contributed by atoms with E-state index in [2.05, 4.69) is 23.3 Å². The van der Waals surface area contributed by atoms with Crippen molar-refractivity contribution in [2.24, 2.45) is 5.92 Å². The smallest absolute Gasteiger partial charge is 0.226 e. The molecule has 0 unspecified atom stereocenters. The number of anilines is 1. The summed E-state index contributed by atoms with van der Waals surface area (Å²) in [4.78, 5) is 30.6. The normalized spacial score (nSPS) is 15.4. The van der Waals surface area contributed by atoms with E-state index in [0.717, 1.165) is 60.5 Å². The number of hydrogen-bond donors (Lipinski definition) is 1. The number of fused-ring (bicyclic) bond motifs is 1. The highest BCUT2D eigenvalue weighted by Crippen LogP contribution is 2.27. The predicted molar refractivity (Wildman–Crippen MR) is 106 cm³/mol. The van der Waals surface area contributed by atoms with Crippen LogP contribution >= 0.6 is 11.3 Å². The third-order valence-electron chi connectivity index (χ3n) is 4.94. The molecule has 0 atom stereocenters. The van der Waals surface area contributed by atoms with E-state index in [0.29, 0.717) is 18.0 Å². The molecule has 2 amide bonds. The van der Waals surface area contributed by atoms with E-state index in [9.17, 15) is 9.59 Å². The van der Waals surface area contributed by atoms with Crippen LogP contribution in [-0.4, -0.2) is 34.8 Å². The standard InChI is InChI=1S/C20H27N3O2S/c1-3-4-18(24)22-20-21-16-7-5-15(13-17(16)26-20)6-8-19(25)23-11-9-14(2)10-12-23/h5,7,13-14H,3-4,6,8-12H2,1-2H3,(H,21,22,24). The van der Waals surface area contributed by atoms with Gasteiger partial charge in [-0.15, -0.1) is 0 Å². The second-order valence-corrected chi connectivity index (χ2v) is 8.21. The Morgan fingerprint density at radius 1 is 1.27 bits per heavy atom. The Balaban J connectivity index is 1.58. The summed E-state index contributed by atoms with van der Waals surface area (Å²) in [5.41, 5.74) is 2.04. The number of nitrogens with one attached hydrogen (secondary N) is 1. The highest BCUT2D eigenvalue weighted by molar-refractivity contribution is 7.22. The summed E-state index contributed by atoms with van der Waals surface area (Å²) in [5, 5.41) is 3.50. The van der Waals surface area contributed by atoms with Gasteiger partial charge in [0.1, 0.15) is 0 Å². The Bertz CT molecular complexity index is 778. The third-order valence-corrected chi connectivity index (χ3v) is 5.87. The number of benzene rings is 1. The lowest BCUT2D eigenvalue weighted by Crippen LogP contribution is -2.37. The predicted octanol–water partition coefficient (Wildman–Crippen LogP) is 4.23. The van der Waals surface area contributed by atoms with Crippen LogP contribution in [-0.2, 0) is 16.0 Å². The number of carbonyl (C=O) groups excluding carboxylic acids is 2. The Hall–Kier alpha value is -1.95. The van der Waals surface area contributed by atoms with Crippen LogP contribution in [0.2, 0.25) is 0 Å². The zero-order valence-corrected chi connectivity index (χ0v) is 16.4. The number of likely N-dealkylation sites (tertiary alicyclic amines) is 1. The molecule has 1 saturated heterocycles. The van der Waals surface area contributed by atoms with Crippen LogP contribution < -0.4 is 5.32 Å². The molecule has 0 spiro atoms. The van der Waals surface area contributed by atoms with Gasteiger partial charge in [-0.3, -0.25) is 9.59 Å². The molecule has 0 bridgehead atoms. The van der Waals surface area contributed by atoms with Gasteiger partial charge >= 0.3 is 0 Å². The average Bonchev–Trinajstić information content (AvgIpc) is 3.01. The maximum Gasteiger partial charge on any atom is 0.226 e. The van der Waals surface area contributed by atoms with Crippen LogP contribution in [0.5, 0.6) is 0 Å². The SMILES string of the molecule is CCCC(=O)Nc1nc2ccc(CCC(=O)N3CCC(C)CC3)cc2s1. The molecule has 0 radical (unpaired) electrons. The topological polar surface area (TPSA) is 62.3 Å². The van der Waals surface area contributed by atoms with Gasteiger partial charge in [0, 0.05) is 25.9 Å². The van der Waals surface area contributed by atoms with E-state index in [1.807, 2.05) is 24.0 Å². The monoisotopic (exact) mass is 373 g/mol.